The van der Waals surface area contributed by atoms with Crippen molar-refractivity contribution in [1.29, 1.82) is 0 Å². The van der Waals surface area contributed by atoms with Crippen LogP contribution in [0.5, 0.6) is 11.5 Å². The third-order valence-corrected chi connectivity index (χ3v) is 6.81. The molecule has 6 rings (SSSR count). The van der Waals surface area contributed by atoms with Crippen LogP contribution in [0.3, 0.4) is 0 Å². The van der Waals surface area contributed by atoms with Crippen LogP contribution in [0.15, 0.2) is 31.8 Å². The van der Waals surface area contributed by atoms with Crippen LogP contribution in [0.4, 0.5) is 11.4 Å². The highest BCUT2D eigenvalue weighted by Crippen LogP contribution is 2.43. The molecule has 3 heterocycles. The van der Waals surface area contributed by atoms with Gasteiger partial charge in [-0.3, -0.25) is 4.79 Å². The minimum atomic E-state index is -0.389. The highest BCUT2D eigenvalue weighted by Gasteiger charge is 2.25. The number of aromatic hydroxyl groups is 2. The first kappa shape index (κ1) is 20.6. The van der Waals surface area contributed by atoms with Gasteiger partial charge in [-0.1, -0.05) is 0 Å². The van der Waals surface area contributed by atoms with Crippen LogP contribution in [-0.2, 0) is 0 Å². The predicted octanol–water partition coefficient (Wildman–Crippen LogP) is 3.60. The highest BCUT2D eigenvalue weighted by atomic mass is 16.3. The van der Waals surface area contributed by atoms with Crippen molar-refractivity contribution in [1.82, 2.24) is 9.88 Å². The van der Waals surface area contributed by atoms with Crippen LogP contribution in [-0.4, -0.2) is 53.3 Å². The summed E-state index contributed by atoms with van der Waals surface area (Å²) in [7, 11) is 2.08. The number of hydrogen-bond acceptors (Lipinski definition) is 9. The Labute approximate surface area is 193 Å². The minimum absolute atomic E-state index is 0.0362. The molecule has 0 spiro atoms. The number of nitrogen functional groups attached to an aromatic ring is 1. The number of phenolic OH excluding ortho intramolecular Hbond substituents is 2. The van der Waals surface area contributed by atoms with E-state index in [0.29, 0.717) is 33.3 Å². The standard InChI is InChI=1S/C25H24N4O5/c1-11-8-14-17-18(22(31)12(2)24(14)33-11)23(32)19(26)25-21(17)27-20-15(30)9-13(10-16(20)34-25)29-6-4-28(3)5-7-29/h8-10,30,32H,4-7,26H2,1-3H3. The Balaban J connectivity index is 1.71. The third kappa shape index (κ3) is 2.76. The molecular formula is C25H24N4O5. The number of benzene rings is 3. The number of aromatic nitrogens is 1. The van der Waals surface area contributed by atoms with Crippen molar-refractivity contribution in [2.45, 2.75) is 13.8 Å². The summed E-state index contributed by atoms with van der Waals surface area (Å²) in [5.74, 6) is 0.235. The lowest BCUT2D eigenvalue weighted by atomic mass is 9.99. The Morgan fingerprint density at radius 2 is 1.71 bits per heavy atom. The Morgan fingerprint density at radius 3 is 2.44 bits per heavy atom. The average molecular weight is 460 g/mol. The van der Waals surface area contributed by atoms with E-state index in [1.807, 2.05) is 6.07 Å². The number of nitrogens with zero attached hydrogens (tertiary/aromatic N) is 3. The Hall–Kier alpha value is -3.98. The number of fused-ring (bicyclic) bond motifs is 6. The van der Waals surface area contributed by atoms with E-state index in [-0.39, 0.29) is 44.6 Å². The van der Waals surface area contributed by atoms with Gasteiger partial charge in [0.1, 0.15) is 33.8 Å². The van der Waals surface area contributed by atoms with Crippen LogP contribution >= 0.6 is 0 Å². The zero-order valence-corrected chi connectivity index (χ0v) is 19.1. The summed E-state index contributed by atoms with van der Waals surface area (Å²) in [5.41, 5.74) is 8.43. The maximum absolute atomic E-state index is 13.1. The molecule has 1 aliphatic rings. The van der Waals surface area contributed by atoms with Crippen LogP contribution in [0, 0.1) is 13.8 Å². The molecule has 0 atom stereocenters. The summed E-state index contributed by atoms with van der Waals surface area (Å²) in [6.45, 7) is 6.90. The van der Waals surface area contributed by atoms with E-state index in [2.05, 4.69) is 16.8 Å². The molecule has 1 saturated heterocycles. The van der Waals surface area contributed by atoms with Gasteiger partial charge >= 0.3 is 0 Å². The van der Waals surface area contributed by atoms with Crippen LogP contribution < -0.4 is 16.1 Å². The Bertz CT molecular complexity index is 1710. The smallest absolute Gasteiger partial charge is 0.196 e. The molecule has 2 aromatic heterocycles. The van der Waals surface area contributed by atoms with E-state index >= 15 is 0 Å². The third-order valence-electron chi connectivity index (χ3n) is 6.81. The van der Waals surface area contributed by atoms with Gasteiger partial charge in [-0.15, -0.1) is 0 Å². The number of anilines is 2. The van der Waals surface area contributed by atoms with Gasteiger partial charge in [0.25, 0.3) is 0 Å². The van der Waals surface area contributed by atoms with E-state index < -0.39 is 0 Å². The van der Waals surface area contributed by atoms with Gasteiger partial charge in [0.05, 0.1) is 5.39 Å². The molecule has 1 aliphatic heterocycles. The monoisotopic (exact) mass is 460 g/mol. The normalized spacial score (nSPS) is 15.3. The molecule has 9 heteroatoms. The van der Waals surface area contributed by atoms with E-state index in [0.717, 1.165) is 31.9 Å². The summed E-state index contributed by atoms with van der Waals surface area (Å²) >= 11 is 0. The van der Waals surface area contributed by atoms with Crippen molar-refractivity contribution in [3.63, 3.8) is 0 Å². The van der Waals surface area contributed by atoms with E-state index in [9.17, 15) is 15.0 Å². The topological polar surface area (TPSA) is 129 Å². The van der Waals surface area contributed by atoms with Gasteiger partial charge in [-0.05, 0) is 27.0 Å². The zero-order valence-electron chi connectivity index (χ0n) is 19.1. The maximum Gasteiger partial charge on any atom is 0.196 e. The molecular weight excluding hydrogens is 436 g/mol. The largest absolute Gasteiger partial charge is 0.505 e. The van der Waals surface area contributed by atoms with Gasteiger partial charge in [0, 0.05) is 60.3 Å². The summed E-state index contributed by atoms with van der Waals surface area (Å²) in [6.07, 6.45) is 0. The number of phenols is 2. The zero-order chi connectivity index (χ0) is 23.9. The summed E-state index contributed by atoms with van der Waals surface area (Å²) < 4.78 is 11.9. The van der Waals surface area contributed by atoms with Crippen molar-refractivity contribution >= 4 is 55.3 Å². The fourth-order valence-corrected chi connectivity index (χ4v) is 4.92. The number of aryl methyl sites for hydroxylation is 2. The van der Waals surface area contributed by atoms with Gasteiger partial charge < -0.3 is 34.6 Å². The van der Waals surface area contributed by atoms with Gasteiger partial charge in [0.15, 0.2) is 22.3 Å². The number of piperazine rings is 1. The molecule has 174 valence electrons. The number of nitrogens with two attached hydrogens (primary N) is 1. The quantitative estimate of drug-likeness (QED) is 0.149. The summed E-state index contributed by atoms with van der Waals surface area (Å²) in [6, 6.07) is 5.29. The molecule has 0 saturated carbocycles. The second-order valence-corrected chi connectivity index (χ2v) is 9.06. The van der Waals surface area contributed by atoms with Crippen molar-refractivity contribution in [3.05, 3.63) is 39.7 Å². The van der Waals surface area contributed by atoms with Crippen LogP contribution in [0.1, 0.15) is 11.3 Å². The Morgan fingerprint density at radius 1 is 0.971 bits per heavy atom. The molecule has 1 fully saturated rings. The van der Waals surface area contributed by atoms with Crippen molar-refractivity contribution in [2.75, 3.05) is 43.9 Å². The van der Waals surface area contributed by atoms with E-state index in [1.165, 1.54) is 0 Å². The van der Waals surface area contributed by atoms with Crippen molar-refractivity contribution in [2.24, 2.45) is 0 Å². The second-order valence-electron chi connectivity index (χ2n) is 9.06. The lowest BCUT2D eigenvalue weighted by Gasteiger charge is -2.34. The molecule has 34 heavy (non-hydrogen) atoms. The molecule has 0 unspecified atom stereocenters. The average Bonchev–Trinajstić information content (AvgIpc) is 3.21. The lowest BCUT2D eigenvalue weighted by molar-refractivity contribution is 0.312. The number of furan rings is 1. The van der Waals surface area contributed by atoms with Gasteiger partial charge in [0.2, 0.25) is 0 Å². The van der Waals surface area contributed by atoms with Crippen molar-refractivity contribution in [3.8, 4) is 11.5 Å². The first-order chi connectivity index (χ1) is 16.2. The summed E-state index contributed by atoms with van der Waals surface area (Å²) in [5, 5.41) is 22.9. The number of hydrogen-bond donors (Lipinski definition) is 3. The molecule has 0 aliphatic carbocycles. The SMILES string of the molecule is Cc1cc2c(o1)c(C)c(=O)c1c(O)c(N)c3oc4cc(N5CCN(C)CC5)cc(O)c4nc3c12. The van der Waals surface area contributed by atoms with E-state index in [4.69, 9.17) is 19.6 Å². The van der Waals surface area contributed by atoms with Gasteiger partial charge in [-0.25, -0.2) is 4.98 Å². The first-order valence-electron chi connectivity index (χ1n) is 11.1. The highest BCUT2D eigenvalue weighted by molar-refractivity contribution is 6.23. The predicted molar refractivity (Wildman–Crippen MR) is 132 cm³/mol. The Kier molecular flexibility index (Phi) is 4.25. The summed E-state index contributed by atoms with van der Waals surface area (Å²) in [4.78, 5) is 22.3. The molecule has 4 N–H and O–H groups in total. The van der Waals surface area contributed by atoms with E-state index in [1.54, 1.807) is 26.0 Å². The first-order valence-corrected chi connectivity index (χ1v) is 11.1. The number of likely N-dealkylation sites (N-methyl/N-ethyl adjacent to an activating group) is 1. The van der Waals surface area contributed by atoms with Gasteiger partial charge in [-0.2, -0.15) is 0 Å². The molecule has 5 aromatic rings. The lowest BCUT2D eigenvalue weighted by Crippen LogP contribution is -2.44. The van der Waals surface area contributed by atoms with Crippen molar-refractivity contribution < 1.29 is 19.0 Å². The second kappa shape index (κ2) is 7.01. The van der Waals surface area contributed by atoms with Crippen LogP contribution in [0.2, 0.25) is 0 Å². The molecule has 0 radical (unpaired) electrons. The maximum atomic E-state index is 13.1. The molecule has 0 bridgehead atoms. The van der Waals surface area contributed by atoms with Crippen LogP contribution in [0.25, 0.3) is 43.9 Å². The molecule has 9 nitrogen and oxygen atoms in total. The molecule has 3 aromatic carbocycles. The molecule has 0 amide bonds. The minimum Gasteiger partial charge on any atom is -0.505 e. The number of rotatable bonds is 1. The fraction of sp³-hybridized carbons (Fsp3) is 0.280. The fourth-order valence-electron chi connectivity index (χ4n) is 4.92.